The molecule has 0 bridgehead atoms. The number of hydrogen-bond acceptors (Lipinski definition) is 4. The normalized spacial score (nSPS) is 12.0. The minimum absolute atomic E-state index is 0.209. The first-order chi connectivity index (χ1) is 14.8. The molecule has 156 valence electrons. The molecule has 0 aliphatic rings. The van der Waals surface area contributed by atoms with Crippen LogP contribution in [0, 0.1) is 19.7 Å². The van der Waals surface area contributed by atoms with E-state index in [0.717, 1.165) is 33.4 Å². The summed E-state index contributed by atoms with van der Waals surface area (Å²) < 4.78 is 13.4. The van der Waals surface area contributed by atoms with Gasteiger partial charge in [0.15, 0.2) is 0 Å². The molecular formula is C25H22FN3O2. The van der Waals surface area contributed by atoms with Crippen molar-refractivity contribution < 1.29 is 14.3 Å². The number of fused-ring (bicyclic) bond motifs is 1. The first-order valence-corrected chi connectivity index (χ1v) is 9.97. The molecule has 6 heteroatoms. The van der Waals surface area contributed by atoms with Gasteiger partial charge in [-0.2, -0.15) is 0 Å². The molecule has 31 heavy (non-hydrogen) atoms. The Labute approximate surface area is 179 Å². The van der Waals surface area contributed by atoms with Crippen LogP contribution in [0.5, 0.6) is 0 Å². The lowest BCUT2D eigenvalue weighted by Gasteiger charge is -2.20. The minimum Gasteiger partial charge on any atom is -0.478 e. The van der Waals surface area contributed by atoms with Gasteiger partial charge in [-0.15, -0.1) is 0 Å². The zero-order valence-electron chi connectivity index (χ0n) is 17.5. The highest BCUT2D eigenvalue weighted by atomic mass is 19.1. The van der Waals surface area contributed by atoms with Crippen molar-refractivity contribution in [2.75, 3.05) is 5.32 Å². The molecule has 0 saturated heterocycles. The Kier molecular flexibility index (Phi) is 5.38. The fourth-order valence-corrected chi connectivity index (χ4v) is 3.74. The van der Waals surface area contributed by atoms with E-state index in [-0.39, 0.29) is 17.4 Å². The molecule has 0 amide bonds. The van der Waals surface area contributed by atoms with Crippen LogP contribution in [0.3, 0.4) is 0 Å². The van der Waals surface area contributed by atoms with Crippen LogP contribution in [0.15, 0.2) is 60.7 Å². The number of aromatic nitrogens is 2. The van der Waals surface area contributed by atoms with Gasteiger partial charge < -0.3 is 10.4 Å². The Bertz CT molecular complexity index is 1290. The highest BCUT2D eigenvalue weighted by molar-refractivity contribution is 5.94. The quantitative estimate of drug-likeness (QED) is 0.423. The topological polar surface area (TPSA) is 75.1 Å². The largest absolute Gasteiger partial charge is 0.478 e. The van der Waals surface area contributed by atoms with Crippen molar-refractivity contribution in [3.63, 3.8) is 0 Å². The van der Waals surface area contributed by atoms with Gasteiger partial charge in [0, 0.05) is 16.8 Å². The molecule has 4 rings (SSSR count). The number of para-hydroxylation sites is 1. The molecule has 0 aliphatic heterocycles. The summed E-state index contributed by atoms with van der Waals surface area (Å²) in [6, 6.07) is 16.8. The van der Waals surface area contributed by atoms with Gasteiger partial charge in [0.1, 0.15) is 5.82 Å². The number of aryl methyl sites for hydroxylation is 2. The summed E-state index contributed by atoms with van der Waals surface area (Å²) in [5.41, 5.74) is 6.41. The summed E-state index contributed by atoms with van der Waals surface area (Å²) in [5.74, 6) is -1.29. The van der Waals surface area contributed by atoms with Crippen LogP contribution < -0.4 is 5.32 Å². The SMILES string of the molecule is Cc1cc(C(C)Nc2ccccc2C(=O)O)c2nc(-c3ccc(F)cc3)c(C)nc2c1. The van der Waals surface area contributed by atoms with E-state index in [9.17, 15) is 14.3 Å². The zero-order chi connectivity index (χ0) is 22.1. The molecule has 0 aliphatic carbocycles. The summed E-state index contributed by atoms with van der Waals surface area (Å²) in [6.45, 7) is 5.84. The number of nitrogens with zero attached hydrogens (tertiary/aromatic N) is 2. The Hall–Kier alpha value is -3.80. The second-order valence-corrected chi connectivity index (χ2v) is 7.60. The molecule has 0 saturated carbocycles. The highest BCUT2D eigenvalue weighted by Gasteiger charge is 2.18. The Morgan fingerprint density at radius 2 is 1.74 bits per heavy atom. The van der Waals surface area contributed by atoms with Crippen LogP contribution in [0.4, 0.5) is 10.1 Å². The molecule has 0 spiro atoms. The minimum atomic E-state index is -0.988. The third-order valence-corrected chi connectivity index (χ3v) is 5.23. The van der Waals surface area contributed by atoms with Gasteiger partial charge in [0.25, 0.3) is 0 Å². The monoisotopic (exact) mass is 415 g/mol. The van der Waals surface area contributed by atoms with Crippen LogP contribution in [-0.4, -0.2) is 21.0 Å². The number of hydrogen-bond donors (Lipinski definition) is 2. The number of nitrogens with one attached hydrogen (secondary N) is 1. The molecule has 0 fully saturated rings. The summed E-state index contributed by atoms with van der Waals surface area (Å²) in [6.07, 6.45) is 0. The van der Waals surface area contributed by atoms with Crippen molar-refractivity contribution in [3.05, 3.63) is 88.9 Å². The van der Waals surface area contributed by atoms with E-state index in [2.05, 4.69) is 5.32 Å². The average Bonchev–Trinajstić information content (AvgIpc) is 2.73. The predicted octanol–water partition coefficient (Wildman–Crippen LogP) is 5.92. The average molecular weight is 415 g/mol. The van der Waals surface area contributed by atoms with E-state index < -0.39 is 5.97 Å². The lowest BCUT2D eigenvalue weighted by Crippen LogP contribution is -2.12. The van der Waals surface area contributed by atoms with Crippen molar-refractivity contribution in [1.82, 2.24) is 9.97 Å². The summed E-state index contributed by atoms with van der Waals surface area (Å²) in [4.78, 5) is 21.2. The lowest BCUT2D eigenvalue weighted by molar-refractivity contribution is 0.0698. The molecular weight excluding hydrogens is 393 g/mol. The van der Waals surface area contributed by atoms with Crippen molar-refractivity contribution in [1.29, 1.82) is 0 Å². The molecule has 1 unspecified atom stereocenters. The van der Waals surface area contributed by atoms with E-state index in [1.165, 1.54) is 12.1 Å². The van der Waals surface area contributed by atoms with Gasteiger partial charge in [0.05, 0.1) is 34.0 Å². The number of benzene rings is 3. The molecule has 1 aromatic heterocycles. The molecule has 2 N–H and O–H groups in total. The Morgan fingerprint density at radius 3 is 2.45 bits per heavy atom. The van der Waals surface area contributed by atoms with E-state index in [0.29, 0.717) is 11.4 Å². The Balaban J connectivity index is 1.82. The standard InChI is InChI=1S/C25H22FN3O2/c1-14-12-20(15(2)27-21-7-5-4-6-19(21)25(30)31)24-22(13-14)28-16(3)23(29-24)17-8-10-18(26)11-9-17/h4-13,15,27H,1-3H3,(H,30,31). The predicted molar refractivity (Wildman–Crippen MR) is 120 cm³/mol. The highest BCUT2D eigenvalue weighted by Crippen LogP contribution is 2.31. The Morgan fingerprint density at radius 1 is 1.03 bits per heavy atom. The fraction of sp³-hybridized carbons (Fsp3) is 0.160. The van der Waals surface area contributed by atoms with E-state index >= 15 is 0 Å². The number of aromatic carboxylic acids is 1. The summed E-state index contributed by atoms with van der Waals surface area (Å²) in [7, 11) is 0. The maximum atomic E-state index is 13.4. The third kappa shape index (κ3) is 4.10. The van der Waals surface area contributed by atoms with Crippen molar-refractivity contribution in [2.45, 2.75) is 26.8 Å². The molecule has 5 nitrogen and oxygen atoms in total. The van der Waals surface area contributed by atoms with E-state index in [1.807, 2.05) is 32.9 Å². The van der Waals surface area contributed by atoms with Crippen LogP contribution in [-0.2, 0) is 0 Å². The smallest absolute Gasteiger partial charge is 0.337 e. The van der Waals surface area contributed by atoms with Crippen LogP contribution in [0.1, 0.15) is 40.1 Å². The van der Waals surface area contributed by atoms with Gasteiger partial charge >= 0.3 is 5.97 Å². The molecule has 4 aromatic rings. The van der Waals surface area contributed by atoms with Crippen LogP contribution >= 0.6 is 0 Å². The fourth-order valence-electron chi connectivity index (χ4n) is 3.74. The molecule has 0 radical (unpaired) electrons. The number of carboxylic acid groups (broad SMARTS) is 1. The van der Waals surface area contributed by atoms with Gasteiger partial charge in [-0.1, -0.05) is 18.2 Å². The second kappa shape index (κ2) is 8.14. The van der Waals surface area contributed by atoms with Crippen LogP contribution in [0.25, 0.3) is 22.3 Å². The number of carbonyl (C=O) groups is 1. The molecule has 1 heterocycles. The first-order valence-electron chi connectivity index (χ1n) is 9.97. The van der Waals surface area contributed by atoms with Crippen LogP contribution in [0.2, 0.25) is 0 Å². The number of carboxylic acids is 1. The van der Waals surface area contributed by atoms with Crippen molar-refractivity contribution in [3.8, 4) is 11.3 Å². The second-order valence-electron chi connectivity index (χ2n) is 7.60. The third-order valence-electron chi connectivity index (χ3n) is 5.23. The maximum Gasteiger partial charge on any atom is 0.337 e. The van der Waals surface area contributed by atoms with Crippen molar-refractivity contribution in [2.24, 2.45) is 0 Å². The summed E-state index contributed by atoms with van der Waals surface area (Å²) in [5, 5.41) is 12.8. The molecule has 1 atom stereocenters. The zero-order valence-corrected chi connectivity index (χ0v) is 17.5. The van der Waals surface area contributed by atoms with Gasteiger partial charge in [-0.3, -0.25) is 0 Å². The number of anilines is 1. The summed E-state index contributed by atoms with van der Waals surface area (Å²) >= 11 is 0. The van der Waals surface area contributed by atoms with E-state index in [1.54, 1.807) is 36.4 Å². The maximum absolute atomic E-state index is 13.4. The van der Waals surface area contributed by atoms with E-state index in [4.69, 9.17) is 9.97 Å². The number of rotatable bonds is 5. The first kappa shape index (κ1) is 20.5. The lowest BCUT2D eigenvalue weighted by atomic mass is 10.0. The van der Waals surface area contributed by atoms with Gasteiger partial charge in [-0.25, -0.2) is 19.2 Å². The van der Waals surface area contributed by atoms with Crippen molar-refractivity contribution >= 4 is 22.7 Å². The van der Waals surface area contributed by atoms with Gasteiger partial charge in [-0.05, 0) is 68.8 Å². The van der Waals surface area contributed by atoms with Gasteiger partial charge in [0.2, 0.25) is 0 Å². The number of halogens is 1. The molecule has 3 aromatic carbocycles.